The van der Waals surface area contributed by atoms with E-state index in [0.29, 0.717) is 6.54 Å². The van der Waals surface area contributed by atoms with Crippen LogP contribution < -0.4 is 5.56 Å². The van der Waals surface area contributed by atoms with Gasteiger partial charge >= 0.3 is 0 Å². The van der Waals surface area contributed by atoms with Crippen molar-refractivity contribution in [1.82, 2.24) is 14.1 Å². The molecule has 0 amide bonds. The summed E-state index contributed by atoms with van der Waals surface area (Å²) >= 11 is 0. The lowest BCUT2D eigenvalue weighted by Gasteiger charge is -2.06. The Kier molecular flexibility index (Phi) is 2.67. The van der Waals surface area contributed by atoms with Gasteiger partial charge < -0.3 is 9.13 Å². The van der Waals surface area contributed by atoms with Crippen molar-refractivity contribution < 1.29 is 0 Å². The van der Waals surface area contributed by atoms with Crippen molar-refractivity contribution in [2.45, 2.75) is 20.0 Å². The Hall–Kier alpha value is -1.84. The monoisotopic (exact) mass is 203 g/mol. The van der Waals surface area contributed by atoms with Gasteiger partial charge in [0, 0.05) is 37.7 Å². The second-order valence-corrected chi connectivity index (χ2v) is 3.54. The first kappa shape index (κ1) is 9.71. The highest BCUT2D eigenvalue weighted by Crippen LogP contribution is 1.93. The Balaban J connectivity index is 2.09. The van der Waals surface area contributed by atoms with Gasteiger partial charge in [-0.3, -0.25) is 4.79 Å². The van der Waals surface area contributed by atoms with Gasteiger partial charge in [-0.1, -0.05) is 0 Å². The summed E-state index contributed by atoms with van der Waals surface area (Å²) in [5.41, 5.74) is 1.05. The molecular weight excluding hydrogens is 190 g/mol. The van der Waals surface area contributed by atoms with Gasteiger partial charge in [0.25, 0.3) is 5.56 Å². The second-order valence-electron chi connectivity index (χ2n) is 3.54. The molecule has 0 spiro atoms. The number of hydrogen-bond donors (Lipinski definition) is 0. The predicted molar refractivity (Wildman–Crippen MR) is 57.7 cm³/mol. The van der Waals surface area contributed by atoms with Crippen molar-refractivity contribution in [3.63, 3.8) is 0 Å². The van der Waals surface area contributed by atoms with Crippen LogP contribution in [0.4, 0.5) is 0 Å². The van der Waals surface area contributed by atoms with E-state index in [4.69, 9.17) is 0 Å². The Labute approximate surface area is 87.8 Å². The summed E-state index contributed by atoms with van der Waals surface area (Å²) in [5, 5.41) is 0. The highest BCUT2D eigenvalue weighted by molar-refractivity contribution is 5.07. The summed E-state index contributed by atoms with van der Waals surface area (Å²) < 4.78 is 3.65. The lowest BCUT2D eigenvalue weighted by molar-refractivity contribution is 0.564. The SMILES string of the molecule is Cc1ccn(CCn2ccnc2)c(=O)c1. The second kappa shape index (κ2) is 4.13. The lowest BCUT2D eigenvalue weighted by Crippen LogP contribution is -2.20. The van der Waals surface area contributed by atoms with E-state index < -0.39 is 0 Å². The minimum Gasteiger partial charge on any atom is -0.336 e. The van der Waals surface area contributed by atoms with Crippen LogP contribution in [0.25, 0.3) is 0 Å². The number of hydrogen-bond acceptors (Lipinski definition) is 2. The molecule has 0 N–H and O–H groups in total. The molecule has 0 radical (unpaired) electrons. The van der Waals surface area contributed by atoms with E-state index in [1.54, 1.807) is 23.2 Å². The summed E-state index contributed by atoms with van der Waals surface area (Å²) in [6.45, 7) is 3.36. The number of rotatable bonds is 3. The minimum absolute atomic E-state index is 0.0510. The molecule has 2 heterocycles. The standard InChI is InChI=1S/C11H13N3O/c1-10-2-4-14(11(15)8-10)7-6-13-5-3-12-9-13/h2-5,8-9H,6-7H2,1H3. The fourth-order valence-corrected chi connectivity index (χ4v) is 1.43. The van der Waals surface area contributed by atoms with E-state index in [-0.39, 0.29) is 5.56 Å². The summed E-state index contributed by atoms with van der Waals surface area (Å²) in [6, 6.07) is 3.59. The molecule has 4 heteroatoms. The molecule has 0 saturated heterocycles. The summed E-state index contributed by atoms with van der Waals surface area (Å²) in [7, 11) is 0. The molecule has 0 aromatic carbocycles. The number of imidazole rings is 1. The van der Waals surface area contributed by atoms with Crippen molar-refractivity contribution in [2.75, 3.05) is 0 Å². The first-order valence-electron chi connectivity index (χ1n) is 4.88. The maximum atomic E-state index is 11.5. The minimum atomic E-state index is 0.0510. The Bertz CT molecular complexity index is 485. The zero-order valence-corrected chi connectivity index (χ0v) is 8.63. The fraction of sp³-hybridized carbons (Fsp3) is 0.273. The quantitative estimate of drug-likeness (QED) is 0.748. The van der Waals surface area contributed by atoms with Crippen LogP contribution in [0.15, 0.2) is 41.8 Å². The van der Waals surface area contributed by atoms with E-state index in [1.807, 2.05) is 30.0 Å². The maximum Gasteiger partial charge on any atom is 0.250 e. The van der Waals surface area contributed by atoms with Crippen molar-refractivity contribution in [3.8, 4) is 0 Å². The van der Waals surface area contributed by atoms with Gasteiger partial charge in [0.05, 0.1) is 6.33 Å². The van der Waals surface area contributed by atoms with Crippen molar-refractivity contribution in [1.29, 1.82) is 0 Å². The van der Waals surface area contributed by atoms with Crippen molar-refractivity contribution in [2.24, 2.45) is 0 Å². The molecule has 0 atom stereocenters. The van der Waals surface area contributed by atoms with E-state index in [1.165, 1.54) is 0 Å². The fourth-order valence-electron chi connectivity index (χ4n) is 1.43. The van der Waals surface area contributed by atoms with Crippen LogP contribution in [0.3, 0.4) is 0 Å². The Morgan fingerprint density at radius 2 is 2.20 bits per heavy atom. The molecule has 0 bridgehead atoms. The number of pyridine rings is 1. The molecule has 0 fully saturated rings. The summed E-state index contributed by atoms with van der Waals surface area (Å²) in [5.74, 6) is 0. The third-order valence-electron chi connectivity index (χ3n) is 2.31. The van der Waals surface area contributed by atoms with Crippen molar-refractivity contribution >= 4 is 0 Å². The topological polar surface area (TPSA) is 39.8 Å². The highest BCUT2D eigenvalue weighted by Gasteiger charge is 1.96. The molecule has 2 rings (SSSR count). The van der Waals surface area contributed by atoms with Crippen LogP contribution in [0, 0.1) is 6.92 Å². The average molecular weight is 203 g/mol. The smallest absolute Gasteiger partial charge is 0.250 e. The largest absolute Gasteiger partial charge is 0.336 e. The molecule has 4 nitrogen and oxygen atoms in total. The third-order valence-corrected chi connectivity index (χ3v) is 2.31. The van der Waals surface area contributed by atoms with Gasteiger partial charge in [0.15, 0.2) is 0 Å². The van der Waals surface area contributed by atoms with Crippen LogP contribution in [-0.2, 0) is 13.1 Å². The van der Waals surface area contributed by atoms with Crippen LogP contribution >= 0.6 is 0 Å². The first-order chi connectivity index (χ1) is 7.25. The Morgan fingerprint density at radius 1 is 1.33 bits per heavy atom. The van der Waals surface area contributed by atoms with Crippen LogP contribution in [0.5, 0.6) is 0 Å². The van der Waals surface area contributed by atoms with E-state index in [2.05, 4.69) is 4.98 Å². The highest BCUT2D eigenvalue weighted by atomic mass is 16.1. The maximum absolute atomic E-state index is 11.5. The average Bonchev–Trinajstić information content (AvgIpc) is 2.69. The van der Waals surface area contributed by atoms with Gasteiger partial charge in [-0.05, 0) is 18.6 Å². The molecular formula is C11H13N3O. The predicted octanol–water partition coefficient (Wildman–Crippen LogP) is 1.05. The van der Waals surface area contributed by atoms with E-state index in [9.17, 15) is 4.79 Å². The number of nitrogens with zero attached hydrogens (tertiary/aromatic N) is 3. The van der Waals surface area contributed by atoms with E-state index in [0.717, 1.165) is 12.1 Å². The van der Waals surface area contributed by atoms with Crippen LogP contribution in [0.2, 0.25) is 0 Å². The molecule has 0 aliphatic carbocycles. The molecule has 78 valence electrons. The van der Waals surface area contributed by atoms with Gasteiger partial charge in [0.1, 0.15) is 0 Å². The molecule has 15 heavy (non-hydrogen) atoms. The molecule has 0 aliphatic rings. The molecule has 0 saturated carbocycles. The molecule has 0 unspecified atom stereocenters. The molecule has 0 aliphatic heterocycles. The van der Waals surface area contributed by atoms with Gasteiger partial charge in [-0.2, -0.15) is 0 Å². The van der Waals surface area contributed by atoms with Crippen LogP contribution in [-0.4, -0.2) is 14.1 Å². The van der Waals surface area contributed by atoms with Gasteiger partial charge in [0.2, 0.25) is 0 Å². The van der Waals surface area contributed by atoms with Gasteiger partial charge in [-0.25, -0.2) is 4.98 Å². The number of aromatic nitrogens is 3. The lowest BCUT2D eigenvalue weighted by atomic mass is 10.3. The Morgan fingerprint density at radius 3 is 2.87 bits per heavy atom. The van der Waals surface area contributed by atoms with Gasteiger partial charge in [-0.15, -0.1) is 0 Å². The zero-order valence-electron chi connectivity index (χ0n) is 8.63. The first-order valence-corrected chi connectivity index (χ1v) is 4.88. The normalized spacial score (nSPS) is 10.5. The summed E-state index contributed by atoms with van der Waals surface area (Å²) in [6.07, 6.45) is 7.20. The molecule has 2 aromatic rings. The number of aryl methyl sites for hydroxylation is 3. The third kappa shape index (κ3) is 2.34. The zero-order chi connectivity index (χ0) is 10.7. The van der Waals surface area contributed by atoms with Crippen LogP contribution in [0.1, 0.15) is 5.56 Å². The van der Waals surface area contributed by atoms with E-state index >= 15 is 0 Å². The summed E-state index contributed by atoms with van der Waals surface area (Å²) in [4.78, 5) is 15.5. The van der Waals surface area contributed by atoms with Crippen molar-refractivity contribution in [3.05, 3.63) is 53.0 Å². The molecule has 2 aromatic heterocycles.